The van der Waals surface area contributed by atoms with E-state index >= 15 is 0 Å². The predicted molar refractivity (Wildman–Crippen MR) is 108 cm³/mol. The number of hydrogen-bond acceptors (Lipinski definition) is 5. The summed E-state index contributed by atoms with van der Waals surface area (Å²) in [6, 6.07) is 14.2. The molecule has 1 aliphatic heterocycles. The number of nitrogens with one attached hydrogen (secondary N) is 1. The van der Waals surface area contributed by atoms with Gasteiger partial charge in [0.05, 0.1) is 12.0 Å². The Hall–Kier alpha value is -2.58. The molecule has 0 atom stereocenters. The lowest BCUT2D eigenvalue weighted by molar-refractivity contribution is -0.127. The van der Waals surface area contributed by atoms with Gasteiger partial charge in [-0.1, -0.05) is 28.1 Å². The first-order valence-corrected chi connectivity index (χ1v) is 9.52. The van der Waals surface area contributed by atoms with Crippen LogP contribution in [0.5, 0.6) is 5.75 Å². The van der Waals surface area contributed by atoms with Crippen molar-refractivity contribution < 1.29 is 19.1 Å². The molecule has 3 rings (SSSR count). The SMILES string of the molecule is COc1cccc(/C=C2/SC(=O)N(CC(=O)Nc3ccc(Br)cc3)C2=O)c1. The van der Waals surface area contributed by atoms with Crippen molar-refractivity contribution in [3.05, 3.63) is 63.5 Å². The van der Waals surface area contributed by atoms with E-state index in [0.717, 1.165) is 26.7 Å². The third-order valence-electron chi connectivity index (χ3n) is 3.69. The highest BCUT2D eigenvalue weighted by Crippen LogP contribution is 2.32. The van der Waals surface area contributed by atoms with E-state index < -0.39 is 17.1 Å². The van der Waals surface area contributed by atoms with Gasteiger partial charge in [-0.15, -0.1) is 0 Å². The summed E-state index contributed by atoms with van der Waals surface area (Å²) < 4.78 is 6.03. The Balaban J connectivity index is 1.69. The Morgan fingerprint density at radius 3 is 2.67 bits per heavy atom. The third kappa shape index (κ3) is 4.78. The number of amides is 3. The zero-order valence-corrected chi connectivity index (χ0v) is 16.7. The Kier molecular flexibility index (Phi) is 5.98. The summed E-state index contributed by atoms with van der Waals surface area (Å²) in [5, 5.41) is 2.19. The molecule has 3 amide bonds. The van der Waals surface area contributed by atoms with Crippen LogP contribution in [0.25, 0.3) is 6.08 Å². The first-order valence-electron chi connectivity index (χ1n) is 7.91. The van der Waals surface area contributed by atoms with Gasteiger partial charge in [0.1, 0.15) is 12.3 Å². The topological polar surface area (TPSA) is 75.7 Å². The first-order chi connectivity index (χ1) is 13.0. The predicted octanol–water partition coefficient (Wildman–Crippen LogP) is 4.13. The summed E-state index contributed by atoms with van der Waals surface area (Å²) >= 11 is 4.13. The quantitative estimate of drug-likeness (QED) is 0.698. The van der Waals surface area contributed by atoms with Crippen LogP contribution in [0.15, 0.2) is 57.9 Å². The minimum atomic E-state index is -0.487. The normalized spacial score (nSPS) is 15.3. The zero-order chi connectivity index (χ0) is 19.4. The fourth-order valence-corrected chi connectivity index (χ4v) is 3.50. The van der Waals surface area contributed by atoms with E-state index in [2.05, 4.69) is 21.2 Å². The van der Waals surface area contributed by atoms with Crippen LogP contribution >= 0.6 is 27.7 Å². The van der Waals surface area contributed by atoms with Crippen molar-refractivity contribution in [3.8, 4) is 5.75 Å². The van der Waals surface area contributed by atoms with Gasteiger partial charge >= 0.3 is 0 Å². The van der Waals surface area contributed by atoms with Crippen LogP contribution in [-0.2, 0) is 9.59 Å². The highest BCUT2D eigenvalue weighted by atomic mass is 79.9. The fraction of sp³-hybridized carbons (Fsp3) is 0.105. The molecule has 1 aliphatic rings. The van der Waals surface area contributed by atoms with Crippen LogP contribution in [0.4, 0.5) is 10.5 Å². The Bertz CT molecular complexity index is 928. The number of ether oxygens (including phenoxy) is 1. The van der Waals surface area contributed by atoms with Gasteiger partial charge in [-0.3, -0.25) is 19.3 Å². The molecule has 2 aromatic rings. The average Bonchev–Trinajstić information content (AvgIpc) is 2.91. The van der Waals surface area contributed by atoms with E-state index in [1.807, 2.05) is 0 Å². The number of carbonyl (C=O) groups excluding carboxylic acids is 3. The number of imide groups is 1. The number of anilines is 1. The van der Waals surface area contributed by atoms with Gasteiger partial charge in [-0.25, -0.2) is 0 Å². The number of nitrogens with zero attached hydrogens (tertiary/aromatic N) is 1. The number of rotatable bonds is 5. The van der Waals surface area contributed by atoms with Gasteiger partial charge in [-0.05, 0) is 59.8 Å². The van der Waals surface area contributed by atoms with Gasteiger partial charge in [0.15, 0.2) is 0 Å². The van der Waals surface area contributed by atoms with Gasteiger partial charge < -0.3 is 10.1 Å². The van der Waals surface area contributed by atoms with Gasteiger partial charge in [0.25, 0.3) is 11.1 Å². The van der Waals surface area contributed by atoms with Crippen LogP contribution < -0.4 is 10.1 Å². The molecular weight excluding hydrogens is 432 g/mol. The first kappa shape index (κ1) is 19.2. The number of carbonyl (C=O) groups is 3. The second-order valence-electron chi connectivity index (χ2n) is 5.60. The maximum atomic E-state index is 12.5. The molecular formula is C19H15BrN2O4S. The molecule has 2 aromatic carbocycles. The number of hydrogen-bond donors (Lipinski definition) is 1. The van der Waals surface area contributed by atoms with E-state index in [-0.39, 0.29) is 11.4 Å². The smallest absolute Gasteiger partial charge is 0.294 e. The maximum absolute atomic E-state index is 12.5. The van der Waals surface area contributed by atoms with Crippen LogP contribution in [0.3, 0.4) is 0 Å². The molecule has 0 aliphatic carbocycles. The summed E-state index contributed by atoms with van der Waals surface area (Å²) in [5.41, 5.74) is 1.32. The summed E-state index contributed by atoms with van der Waals surface area (Å²) in [7, 11) is 1.55. The molecule has 0 bridgehead atoms. The molecule has 1 fully saturated rings. The Morgan fingerprint density at radius 2 is 1.96 bits per heavy atom. The zero-order valence-electron chi connectivity index (χ0n) is 14.3. The summed E-state index contributed by atoms with van der Waals surface area (Å²) in [4.78, 5) is 38.0. The molecule has 8 heteroatoms. The van der Waals surface area contributed by atoms with E-state index in [0.29, 0.717) is 11.4 Å². The molecule has 0 saturated carbocycles. The Labute approximate surface area is 168 Å². The van der Waals surface area contributed by atoms with Crippen molar-refractivity contribution >= 4 is 56.5 Å². The number of thioether (sulfide) groups is 1. The monoisotopic (exact) mass is 446 g/mol. The molecule has 27 heavy (non-hydrogen) atoms. The molecule has 0 aromatic heterocycles. The van der Waals surface area contributed by atoms with Crippen LogP contribution in [0, 0.1) is 0 Å². The van der Waals surface area contributed by atoms with Crippen molar-refractivity contribution in [2.24, 2.45) is 0 Å². The van der Waals surface area contributed by atoms with Crippen LogP contribution in [0.1, 0.15) is 5.56 Å². The van der Waals surface area contributed by atoms with Gasteiger partial charge in [0, 0.05) is 10.2 Å². The molecule has 138 valence electrons. The minimum Gasteiger partial charge on any atom is -0.497 e. The lowest BCUT2D eigenvalue weighted by atomic mass is 10.2. The number of benzene rings is 2. The molecule has 1 N–H and O–H groups in total. The van der Waals surface area contributed by atoms with E-state index in [4.69, 9.17) is 4.74 Å². The van der Waals surface area contributed by atoms with E-state index in [1.54, 1.807) is 61.7 Å². The summed E-state index contributed by atoms with van der Waals surface area (Å²) in [5.74, 6) is -0.280. The fourth-order valence-electron chi connectivity index (χ4n) is 2.40. The Morgan fingerprint density at radius 1 is 1.22 bits per heavy atom. The molecule has 1 heterocycles. The molecule has 1 saturated heterocycles. The van der Waals surface area contributed by atoms with Gasteiger partial charge in [0.2, 0.25) is 5.91 Å². The van der Waals surface area contributed by atoms with Crippen LogP contribution in [0.2, 0.25) is 0 Å². The second kappa shape index (κ2) is 8.41. The van der Waals surface area contributed by atoms with Gasteiger partial charge in [-0.2, -0.15) is 0 Å². The lowest BCUT2D eigenvalue weighted by Gasteiger charge is -2.12. The largest absolute Gasteiger partial charge is 0.497 e. The van der Waals surface area contributed by atoms with E-state index in [1.165, 1.54) is 0 Å². The molecule has 6 nitrogen and oxygen atoms in total. The highest BCUT2D eigenvalue weighted by Gasteiger charge is 2.36. The van der Waals surface area contributed by atoms with Crippen molar-refractivity contribution in [3.63, 3.8) is 0 Å². The molecule has 0 spiro atoms. The summed E-state index contributed by atoms with van der Waals surface area (Å²) in [6.07, 6.45) is 1.61. The maximum Gasteiger partial charge on any atom is 0.294 e. The van der Waals surface area contributed by atoms with E-state index in [9.17, 15) is 14.4 Å². The lowest BCUT2D eigenvalue weighted by Crippen LogP contribution is -2.36. The number of halogens is 1. The van der Waals surface area contributed by atoms with Crippen LogP contribution in [-0.4, -0.2) is 35.6 Å². The number of methoxy groups -OCH3 is 1. The standard InChI is InChI=1S/C19H15BrN2O4S/c1-26-15-4-2-3-12(9-15)10-16-18(24)22(19(25)27-16)11-17(23)21-14-7-5-13(20)6-8-14/h2-10H,11H2,1H3,(H,21,23)/b16-10+. The second-order valence-corrected chi connectivity index (χ2v) is 7.51. The minimum absolute atomic E-state index is 0.268. The van der Waals surface area contributed by atoms with Crippen molar-refractivity contribution in [2.75, 3.05) is 19.0 Å². The molecule has 0 unspecified atom stereocenters. The molecule has 0 radical (unpaired) electrons. The summed E-state index contributed by atoms with van der Waals surface area (Å²) in [6.45, 7) is -0.337. The average molecular weight is 447 g/mol. The van der Waals surface area contributed by atoms with Crippen molar-refractivity contribution in [1.29, 1.82) is 0 Å². The highest BCUT2D eigenvalue weighted by molar-refractivity contribution is 9.10. The third-order valence-corrected chi connectivity index (χ3v) is 5.13. The van der Waals surface area contributed by atoms with Crippen molar-refractivity contribution in [2.45, 2.75) is 0 Å². The van der Waals surface area contributed by atoms with Crippen molar-refractivity contribution in [1.82, 2.24) is 4.90 Å².